The van der Waals surface area contributed by atoms with Gasteiger partial charge in [0.15, 0.2) is 0 Å². The molecular weight excluding hydrogens is 333 g/mol. The number of carbonyl (C=O) groups is 2. The number of carbonyl (C=O) groups excluding carboxylic acids is 2. The van der Waals surface area contributed by atoms with E-state index in [9.17, 15) is 14.0 Å². The standard InChI is InChI=1S/C20H20FN3O2/c1-3-24(13-10-14-8-11-22-12-9-14)18-17(19(25)23(2)20(18)26)15-4-6-16(21)7-5-15/h4-9,11-12H,3,10,13H2,1-2H3. The van der Waals surface area contributed by atoms with Crippen molar-refractivity contribution in [3.8, 4) is 0 Å². The van der Waals surface area contributed by atoms with Gasteiger partial charge in [0, 0.05) is 32.5 Å². The summed E-state index contributed by atoms with van der Waals surface area (Å²) in [6.07, 6.45) is 4.18. The van der Waals surface area contributed by atoms with Crippen LogP contribution in [0.1, 0.15) is 18.1 Å². The van der Waals surface area contributed by atoms with Crippen LogP contribution in [0.25, 0.3) is 5.57 Å². The van der Waals surface area contributed by atoms with Gasteiger partial charge >= 0.3 is 0 Å². The van der Waals surface area contributed by atoms with Crippen molar-refractivity contribution in [1.82, 2.24) is 14.8 Å². The molecule has 5 nitrogen and oxygen atoms in total. The summed E-state index contributed by atoms with van der Waals surface area (Å²) in [6.45, 7) is 3.11. The first-order valence-corrected chi connectivity index (χ1v) is 8.49. The molecule has 0 aliphatic carbocycles. The molecule has 1 aliphatic heterocycles. The maximum absolute atomic E-state index is 13.3. The maximum Gasteiger partial charge on any atom is 0.277 e. The fraction of sp³-hybridized carbons (Fsp3) is 0.250. The molecule has 0 unspecified atom stereocenters. The lowest BCUT2D eigenvalue weighted by Gasteiger charge is -2.24. The smallest absolute Gasteiger partial charge is 0.277 e. The third kappa shape index (κ3) is 3.35. The van der Waals surface area contributed by atoms with Crippen molar-refractivity contribution in [1.29, 1.82) is 0 Å². The van der Waals surface area contributed by atoms with Crippen molar-refractivity contribution in [3.05, 3.63) is 71.4 Å². The van der Waals surface area contributed by atoms with E-state index >= 15 is 0 Å². The zero-order valence-corrected chi connectivity index (χ0v) is 14.8. The van der Waals surface area contributed by atoms with E-state index < -0.39 is 0 Å². The van der Waals surface area contributed by atoms with Crippen molar-refractivity contribution < 1.29 is 14.0 Å². The molecule has 6 heteroatoms. The van der Waals surface area contributed by atoms with Crippen molar-refractivity contribution in [2.45, 2.75) is 13.3 Å². The van der Waals surface area contributed by atoms with Crippen LogP contribution in [0.4, 0.5) is 4.39 Å². The molecule has 0 spiro atoms. The van der Waals surface area contributed by atoms with Gasteiger partial charge in [0.2, 0.25) is 0 Å². The molecule has 0 saturated heterocycles. The maximum atomic E-state index is 13.3. The molecule has 1 aromatic heterocycles. The number of imide groups is 1. The van der Waals surface area contributed by atoms with Crippen molar-refractivity contribution in [3.63, 3.8) is 0 Å². The predicted molar refractivity (Wildman–Crippen MR) is 96.3 cm³/mol. The van der Waals surface area contributed by atoms with E-state index in [1.54, 1.807) is 12.4 Å². The lowest BCUT2D eigenvalue weighted by Crippen LogP contribution is -2.33. The summed E-state index contributed by atoms with van der Waals surface area (Å²) in [5, 5.41) is 0. The quantitative estimate of drug-likeness (QED) is 0.749. The minimum absolute atomic E-state index is 0.328. The Hall–Kier alpha value is -3.02. The fourth-order valence-corrected chi connectivity index (χ4v) is 3.04. The minimum atomic E-state index is -0.383. The number of nitrogens with zero attached hydrogens (tertiary/aromatic N) is 3. The Morgan fingerprint density at radius 2 is 1.69 bits per heavy atom. The fourth-order valence-electron chi connectivity index (χ4n) is 3.04. The highest BCUT2D eigenvalue weighted by molar-refractivity contribution is 6.35. The third-order valence-corrected chi connectivity index (χ3v) is 4.51. The number of rotatable bonds is 6. The van der Waals surface area contributed by atoms with Crippen LogP contribution in [0, 0.1) is 5.82 Å². The Morgan fingerprint density at radius 1 is 1.04 bits per heavy atom. The van der Waals surface area contributed by atoms with Gasteiger partial charge in [-0.25, -0.2) is 4.39 Å². The van der Waals surface area contributed by atoms with E-state index in [1.165, 1.54) is 31.3 Å². The molecule has 1 aromatic carbocycles. The van der Waals surface area contributed by atoms with E-state index in [4.69, 9.17) is 0 Å². The van der Waals surface area contributed by atoms with E-state index in [0.29, 0.717) is 29.9 Å². The van der Waals surface area contributed by atoms with Gasteiger partial charge in [-0.2, -0.15) is 0 Å². The normalized spacial score (nSPS) is 14.3. The van der Waals surface area contributed by atoms with Crippen LogP contribution in [0.15, 0.2) is 54.5 Å². The third-order valence-electron chi connectivity index (χ3n) is 4.51. The molecule has 2 aromatic rings. The summed E-state index contributed by atoms with van der Waals surface area (Å²) < 4.78 is 13.3. The molecule has 26 heavy (non-hydrogen) atoms. The van der Waals surface area contributed by atoms with E-state index in [2.05, 4.69) is 4.98 Å². The van der Waals surface area contributed by atoms with Crippen LogP contribution in [0.2, 0.25) is 0 Å². The Morgan fingerprint density at radius 3 is 2.31 bits per heavy atom. The Bertz CT molecular complexity index is 847. The van der Waals surface area contributed by atoms with Crippen LogP contribution in [-0.4, -0.2) is 46.7 Å². The van der Waals surface area contributed by atoms with Crippen LogP contribution < -0.4 is 0 Å². The number of hydrogen-bond acceptors (Lipinski definition) is 4. The molecule has 0 fully saturated rings. The number of benzene rings is 1. The van der Waals surface area contributed by atoms with Crippen LogP contribution in [0.5, 0.6) is 0 Å². The molecule has 0 atom stereocenters. The second kappa shape index (κ2) is 7.47. The average molecular weight is 353 g/mol. The monoisotopic (exact) mass is 353 g/mol. The summed E-state index contributed by atoms with van der Waals surface area (Å²) >= 11 is 0. The minimum Gasteiger partial charge on any atom is -0.366 e. The highest BCUT2D eigenvalue weighted by Gasteiger charge is 2.38. The largest absolute Gasteiger partial charge is 0.366 e. The second-order valence-corrected chi connectivity index (χ2v) is 6.08. The van der Waals surface area contributed by atoms with E-state index in [1.807, 2.05) is 24.0 Å². The zero-order valence-electron chi connectivity index (χ0n) is 14.8. The van der Waals surface area contributed by atoms with Gasteiger partial charge in [-0.05, 0) is 48.7 Å². The molecule has 0 saturated carbocycles. The summed E-state index contributed by atoms with van der Waals surface area (Å²) in [5.74, 6) is -1.07. The molecule has 2 amide bonds. The summed E-state index contributed by atoms with van der Waals surface area (Å²) in [4.78, 5) is 32.3. The Labute approximate surface area is 151 Å². The molecule has 1 aliphatic rings. The molecule has 3 rings (SSSR count). The number of aromatic nitrogens is 1. The highest BCUT2D eigenvalue weighted by atomic mass is 19.1. The number of hydrogen-bond donors (Lipinski definition) is 0. The molecular formula is C20H20FN3O2. The van der Waals surface area contributed by atoms with Crippen molar-refractivity contribution in [2.24, 2.45) is 0 Å². The number of likely N-dealkylation sites (N-methyl/N-ethyl adjacent to an activating group) is 2. The molecule has 134 valence electrons. The van der Waals surface area contributed by atoms with Gasteiger partial charge in [-0.15, -0.1) is 0 Å². The van der Waals surface area contributed by atoms with Gasteiger partial charge in [0.05, 0.1) is 5.57 Å². The molecule has 0 bridgehead atoms. The van der Waals surface area contributed by atoms with Gasteiger partial charge in [0.25, 0.3) is 11.8 Å². The highest BCUT2D eigenvalue weighted by Crippen LogP contribution is 2.31. The molecule has 0 radical (unpaired) electrons. The number of pyridine rings is 1. The van der Waals surface area contributed by atoms with Crippen LogP contribution >= 0.6 is 0 Å². The van der Waals surface area contributed by atoms with Crippen LogP contribution in [0.3, 0.4) is 0 Å². The van der Waals surface area contributed by atoms with Gasteiger partial charge in [-0.1, -0.05) is 12.1 Å². The lowest BCUT2D eigenvalue weighted by atomic mass is 10.0. The zero-order chi connectivity index (χ0) is 18.7. The Balaban J connectivity index is 1.96. The number of amides is 2. The Kier molecular flexibility index (Phi) is 5.11. The lowest BCUT2D eigenvalue weighted by molar-refractivity contribution is -0.135. The summed E-state index contributed by atoms with van der Waals surface area (Å²) in [6, 6.07) is 9.51. The van der Waals surface area contributed by atoms with Crippen LogP contribution in [-0.2, 0) is 16.0 Å². The first kappa shape index (κ1) is 17.8. The van der Waals surface area contributed by atoms with Gasteiger partial charge in [-0.3, -0.25) is 19.5 Å². The SMILES string of the molecule is CCN(CCc1ccncc1)C1=C(c2ccc(F)cc2)C(=O)N(C)C1=O. The van der Waals surface area contributed by atoms with Crippen molar-refractivity contribution in [2.75, 3.05) is 20.1 Å². The summed E-state index contributed by atoms with van der Waals surface area (Å²) in [7, 11) is 1.47. The van der Waals surface area contributed by atoms with Gasteiger partial charge in [0.1, 0.15) is 11.5 Å². The topological polar surface area (TPSA) is 53.5 Å². The average Bonchev–Trinajstić information content (AvgIpc) is 2.88. The molecule has 2 heterocycles. The van der Waals surface area contributed by atoms with E-state index in [-0.39, 0.29) is 17.6 Å². The first-order chi connectivity index (χ1) is 12.5. The first-order valence-electron chi connectivity index (χ1n) is 8.49. The summed E-state index contributed by atoms with van der Waals surface area (Å²) in [5.41, 5.74) is 2.36. The second-order valence-electron chi connectivity index (χ2n) is 6.08. The number of halogens is 1. The van der Waals surface area contributed by atoms with Crippen molar-refractivity contribution >= 4 is 17.4 Å². The van der Waals surface area contributed by atoms with E-state index in [0.717, 1.165) is 16.9 Å². The van der Waals surface area contributed by atoms with Gasteiger partial charge < -0.3 is 4.90 Å². The molecule has 0 N–H and O–H groups in total. The predicted octanol–water partition coefficient (Wildman–Crippen LogP) is 2.50.